The molecule has 0 fully saturated rings. The molecule has 1 aliphatic heterocycles. The van der Waals surface area contributed by atoms with Crippen LogP contribution in [0.3, 0.4) is 0 Å². The number of nitrogens with zero attached hydrogens (tertiary/aromatic N) is 1. The van der Waals surface area contributed by atoms with E-state index in [1.54, 1.807) is 36.4 Å². The molecule has 3 rings (SSSR count). The molecule has 0 saturated carbocycles. The van der Waals surface area contributed by atoms with Gasteiger partial charge in [-0.05, 0) is 49.2 Å². The molecule has 1 amide bonds. The van der Waals surface area contributed by atoms with Gasteiger partial charge in [0.1, 0.15) is 5.75 Å². The van der Waals surface area contributed by atoms with Gasteiger partial charge in [0.2, 0.25) is 10.0 Å². The lowest BCUT2D eigenvalue weighted by Crippen LogP contribution is -2.48. The van der Waals surface area contributed by atoms with E-state index in [0.717, 1.165) is 17.4 Å². The number of hydrogen-bond acceptors (Lipinski definition) is 4. The van der Waals surface area contributed by atoms with Gasteiger partial charge < -0.3 is 10.1 Å². The van der Waals surface area contributed by atoms with Crippen molar-refractivity contribution in [3.05, 3.63) is 52.5 Å². The van der Waals surface area contributed by atoms with Gasteiger partial charge in [0, 0.05) is 10.7 Å². The highest BCUT2D eigenvalue weighted by atomic mass is 35.5. The Morgan fingerprint density at radius 1 is 1.23 bits per heavy atom. The molecule has 1 unspecified atom stereocenters. The van der Waals surface area contributed by atoms with Crippen LogP contribution in [0.2, 0.25) is 5.02 Å². The topological polar surface area (TPSA) is 75.7 Å². The van der Waals surface area contributed by atoms with E-state index in [1.165, 1.54) is 4.31 Å². The fraction of sp³-hybridized carbons (Fsp3) is 0.278. The van der Waals surface area contributed by atoms with E-state index in [1.807, 2.05) is 13.8 Å². The average molecular weight is 395 g/mol. The Morgan fingerprint density at radius 2 is 1.96 bits per heavy atom. The number of carbonyl (C=O) groups is 1. The molecule has 0 bridgehead atoms. The third-order valence-corrected chi connectivity index (χ3v) is 5.52. The first-order valence-electron chi connectivity index (χ1n) is 7.97. The number of fused-ring (bicyclic) bond motifs is 1. The fourth-order valence-electron chi connectivity index (χ4n) is 2.75. The monoisotopic (exact) mass is 394 g/mol. The summed E-state index contributed by atoms with van der Waals surface area (Å²) in [5, 5.41) is 3.26. The first-order chi connectivity index (χ1) is 12.1. The number of ether oxygens (including phenoxy) is 1. The van der Waals surface area contributed by atoms with Crippen LogP contribution >= 0.6 is 11.6 Å². The second kappa shape index (κ2) is 6.81. The Kier molecular flexibility index (Phi) is 4.86. The number of sulfonamides is 1. The maximum Gasteiger partial charge on any atom is 0.267 e. The number of anilines is 2. The summed E-state index contributed by atoms with van der Waals surface area (Å²) in [4.78, 5) is 12.7. The molecule has 0 aromatic heterocycles. The Hall–Kier alpha value is -2.25. The third kappa shape index (κ3) is 3.78. The summed E-state index contributed by atoms with van der Waals surface area (Å²) in [6.45, 7) is 3.61. The highest BCUT2D eigenvalue weighted by Crippen LogP contribution is 2.36. The second-order valence-electron chi connectivity index (χ2n) is 6.32. The molecular weight excluding hydrogens is 376 g/mol. The van der Waals surface area contributed by atoms with Gasteiger partial charge in [0.25, 0.3) is 5.91 Å². The number of benzene rings is 2. The number of amides is 1. The molecule has 8 heteroatoms. The van der Waals surface area contributed by atoms with Crippen molar-refractivity contribution in [2.75, 3.05) is 22.4 Å². The van der Waals surface area contributed by atoms with Crippen molar-refractivity contribution in [2.45, 2.75) is 20.0 Å². The van der Waals surface area contributed by atoms with Crippen molar-refractivity contribution >= 4 is 38.9 Å². The molecular formula is C18H19ClN2O4S. The Labute approximate surface area is 157 Å². The van der Waals surface area contributed by atoms with Gasteiger partial charge in [-0.25, -0.2) is 8.42 Å². The predicted octanol–water partition coefficient (Wildman–Crippen LogP) is 3.12. The molecule has 1 atom stereocenters. The standard InChI is InChI=1S/C18H19ClN2O4S/c1-11-4-7-16-15(8-11)21(26(3,23)24)10-17(25-16)18(22)20-14-9-13(19)6-5-12(14)2/h4-9,17H,10H2,1-3H3,(H,20,22). The number of halogens is 1. The van der Waals surface area contributed by atoms with Crippen LogP contribution < -0.4 is 14.4 Å². The summed E-state index contributed by atoms with van der Waals surface area (Å²) in [6, 6.07) is 10.4. The summed E-state index contributed by atoms with van der Waals surface area (Å²) < 4.78 is 31.4. The second-order valence-corrected chi connectivity index (χ2v) is 8.66. The molecule has 2 aromatic rings. The maximum absolute atomic E-state index is 12.7. The summed E-state index contributed by atoms with van der Waals surface area (Å²) in [7, 11) is -3.56. The van der Waals surface area contributed by atoms with Crippen LogP contribution in [0.15, 0.2) is 36.4 Å². The van der Waals surface area contributed by atoms with Crippen molar-refractivity contribution in [1.29, 1.82) is 0 Å². The van der Waals surface area contributed by atoms with Crippen molar-refractivity contribution < 1.29 is 17.9 Å². The van der Waals surface area contributed by atoms with E-state index in [-0.39, 0.29) is 6.54 Å². The van der Waals surface area contributed by atoms with Crippen LogP contribution in [-0.2, 0) is 14.8 Å². The summed E-state index contributed by atoms with van der Waals surface area (Å²) in [5.74, 6) is -0.0783. The molecule has 1 N–H and O–H groups in total. The molecule has 0 saturated heterocycles. The smallest absolute Gasteiger partial charge is 0.267 e. The minimum atomic E-state index is -3.56. The Morgan fingerprint density at radius 3 is 2.65 bits per heavy atom. The molecule has 6 nitrogen and oxygen atoms in total. The zero-order valence-corrected chi connectivity index (χ0v) is 16.2. The summed E-state index contributed by atoms with van der Waals surface area (Å²) in [6.07, 6.45) is 0.138. The molecule has 2 aromatic carbocycles. The number of rotatable bonds is 3. The van der Waals surface area contributed by atoms with E-state index < -0.39 is 22.0 Å². The van der Waals surface area contributed by atoms with E-state index in [4.69, 9.17) is 16.3 Å². The van der Waals surface area contributed by atoms with Gasteiger partial charge >= 0.3 is 0 Å². The van der Waals surface area contributed by atoms with Crippen molar-refractivity contribution in [3.63, 3.8) is 0 Å². The molecule has 0 aliphatic carbocycles. The number of nitrogens with one attached hydrogen (secondary N) is 1. The quantitative estimate of drug-likeness (QED) is 0.867. The first-order valence-corrected chi connectivity index (χ1v) is 10.2. The normalized spacial score (nSPS) is 16.6. The van der Waals surface area contributed by atoms with Crippen molar-refractivity contribution in [1.82, 2.24) is 0 Å². The zero-order chi connectivity index (χ0) is 19.1. The number of carbonyl (C=O) groups excluding carboxylic acids is 1. The molecule has 138 valence electrons. The number of aryl methyl sites for hydroxylation is 2. The minimum Gasteiger partial charge on any atom is -0.476 e. The van der Waals surface area contributed by atoms with Gasteiger partial charge in [-0.1, -0.05) is 23.7 Å². The SMILES string of the molecule is Cc1ccc2c(c1)N(S(C)(=O)=O)CC(C(=O)Nc1cc(Cl)ccc1C)O2. The Balaban J connectivity index is 1.91. The van der Waals surface area contributed by atoms with Crippen molar-refractivity contribution in [3.8, 4) is 5.75 Å². The van der Waals surface area contributed by atoms with Gasteiger partial charge in [-0.2, -0.15) is 0 Å². The minimum absolute atomic E-state index is 0.0965. The van der Waals surface area contributed by atoms with Gasteiger partial charge in [-0.15, -0.1) is 0 Å². The highest BCUT2D eigenvalue weighted by molar-refractivity contribution is 7.92. The van der Waals surface area contributed by atoms with Crippen LogP contribution in [-0.4, -0.2) is 33.2 Å². The predicted molar refractivity (Wildman–Crippen MR) is 103 cm³/mol. The average Bonchev–Trinajstić information content (AvgIpc) is 2.56. The van der Waals surface area contributed by atoms with Crippen molar-refractivity contribution in [2.24, 2.45) is 0 Å². The molecule has 0 radical (unpaired) electrons. The van der Waals surface area contributed by atoms with Gasteiger partial charge in [0.15, 0.2) is 6.10 Å². The van der Waals surface area contributed by atoms with Crippen LogP contribution in [0.4, 0.5) is 11.4 Å². The molecule has 26 heavy (non-hydrogen) atoms. The lowest BCUT2D eigenvalue weighted by Gasteiger charge is -2.34. The lowest BCUT2D eigenvalue weighted by atomic mass is 10.1. The van der Waals surface area contributed by atoms with E-state index in [2.05, 4.69) is 5.32 Å². The fourth-order valence-corrected chi connectivity index (χ4v) is 3.83. The van der Waals surface area contributed by atoms with Crippen LogP contribution in [0, 0.1) is 13.8 Å². The van der Waals surface area contributed by atoms with E-state index in [0.29, 0.717) is 22.1 Å². The zero-order valence-electron chi connectivity index (χ0n) is 14.6. The summed E-state index contributed by atoms with van der Waals surface area (Å²) >= 11 is 5.98. The van der Waals surface area contributed by atoms with Gasteiger partial charge in [0.05, 0.1) is 18.5 Å². The van der Waals surface area contributed by atoms with E-state index >= 15 is 0 Å². The van der Waals surface area contributed by atoms with E-state index in [9.17, 15) is 13.2 Å². The largest absolute Gasteiger partial charge is 0.476 e. The first kappa shape index (κ1) is 18.5. The van der Waals surface area contributed by atoms with Crippen LogP contribution in [0.5, 0.6) is 5.75 Å². The molecule has 1 aliphatic rings. The molecule has 0 spiro atoms. The third-order valence-electron chi connectivity index (χ3n) is 4.13. The maximum atomic E-state index is 12.7. The highest BCUT2D eigenvalue weighted by Gasteiger charge is 2.35. The van der Waals surface area contributed by atoms with Crippen LogP contribution in [0.1, 0.15) is 11.1 Å². The number of hydrogen-bond donors (Lipinski definition) is 1. The van der Waals surface area contributed by atoms with Gasteiger partial charge in [-0.3, -0.25) is 9.10 Å². The lowest BCUT2D eigenvalue weighted by molar-refractivity contribution is -0.122. The van der Waals surface area contributed by atoms with Crippen LogP contribution in [0.25, 0.3) is 0 Å². The molecule has 1 heterocycles. The Bertz CT molecular complexity index is 975. The summed E-state index contributed by atoms with van der Waals surface area (Å²) in [5.41, 5.74) is 2.75.